The fourth-order valence-corrected chi connectivity index (χ4v) is 5.23. The van der Waals surface area contributed by atoms with E-state index in [0.717, 1.165) is 57.0 Å². The van der Waals surface area contributed by atoms with Gasteiger partial charge < -0.3 is 19.7 Å². The van der Waals surface area contributed by atoms with Crippen molar-refractivity contribution in [2.24, 2.45) is 0 Å². The summed E-state index contributed by atoms with van der Waals surface area (Å²) in [6.45, 7) is 3.64. The molecule has 0 amide bonds. The van der Waals surface area contributed by atoms with Gasteiger partial charge in [-0.2, -0.15) is 5.10 Å². The maximum absolute atomic E-state index is 5.58. The monoisotopic (exact) mass is 473 g/mol. The van der Waals surface area contributed by atoms with Gasteiger partial charge in [0.05, 0.1) is 54.1 Å². The lowest BCUT2D eigenvalue weighted by atomic mass is 10.2. The van der Waals surface area contributed by atoms with Gasteiger partial charge in [0.2, 0.25) is 0 Å². The molecule has 6 rings (SSSR count). The summed E-state index contributed by atoms with van der Waals surface area (Å²) < 4.78 is 12.1. The topological polar surface area (TPSA) is 101 Å². The highest BCUT2D eigenvalue weighted by Gasteiger charge is 2.21. The lowest BCUT2D eigenvalue weighted by molar-refractivity contribution is 0.122. The van der Waals surface area contributed by atoms with E-state index >= 15 is 0 Å². The quantitative estimate of drug-likeness (QED) is 0.380. The second kappa shape index (κ2) is 8.88. The third-order valence-corrected chi connectivity index (χ3v) is 7.00. The van der Waals surface area contributed by atoms with Gasteiger partial charge in [-0.15, -0.1) is 11.3 Å². The van der Waals surface area contributed by atoms with Gasteiger partial charge in [-0.3, -0.25) is 10.1 Å². The minimum absolute atomic E-state index is 0.649. The number of methoxy groups -OCH3 is 1. The number of aromatic nitrogens is 5. The number of nitrogens with one attached hydrogen (secondary N) is 2. The van der Waals surface area contributed by atoms with Crippen LogP contribution in [0.15, 0.2) is 48.9 Å². The minimum Gasteiger partial charge on any atom is -0.495 e. The van der Waals surface area contributed by atoms with Crippen LogP contribution in [-0.4, -0.2) is 58.6 Å². The van der Waals surface area contributed by atoms with Crippen molar-refractivity contribution in [1.82, 2.24) is 25.1 Å². The molecule has 0 bridgehead atoms. The van der Waals surface area contributed by atoms with E-state index in [1.165, 1.54) is 4.88 Å². The number of H-pyrrole nitrogens is 1. The van der Waals surface area contributed by atoms with Crippen LogP contribution >= 0.6 is 11.3 Å². The van der Waals surface area contributed by atoms with Crippen LogP contribution in [0, 0.1) is 0 Å². The number of anilines is 2. The number of para-hydroxylation sites is 2. The van der Waals surface area contributed by atoms with Crippen molar-refractivity contribution >= 4 is 44.0 Å². The summed E-state index contributed by atoms with van der Waals surface area (Å²) >= 11 is 1.71. The molecular formula is C24H23N7O2S. The van der Waals surface area contributed by atoms with Crippen LogP contribution in [0.5, 0.6) is 5.75 Å². The number of benzene rings is 1. The predicted octanol–water partition coefficient (Wildman–Crippen LogP) is 4.09. The van der Waals surface area contributed by atoms with Crippen molar-refractivity contribution in [1.29, 1.82) is 0 Å². The highest BCUT2D eigenvalue weighted by Crippen LogP contribution is 2.36. The van der Waals surface area contributed by atoms with Crippen LogP contribution in [0.4, 0.5) is 11.5 Å². The van der Waals surface area contributed by atoms with Crippen LogP contribution in [0.2, 0.25) is 0 Å². The molecule has 34 heavy (non-hydrogen) atoms. The van der Waals surface area contributed by atoms with Crippen LogP contribution < -0.4 is 15.0 Å². The summed E-state index contributed by atoms with van der Waals surface area (Å²) in [5.74, 6) is 2.41. The van der Waals surface area contributed by atoms with Gasteiger partial charge in [0, 0.05) is 41.7 Å². The molecule has 5 aromatic rings. The summed E-state index contributed by atoms with van der Waals surface area (Å²) in [6, 6.07) is 10.1. The molecule has 0 spiro atoms. The summed E-state index contributed by atoms with van der Waals surface area (Å²) in [5, 5.41) is 11.6. The van der Waals surface area contributed by atoms with E-state index in [4.69, 9.17) is 19.4 Å². The molecule has 5 heterocycles. The standard InChI is InChI=1S/C24H23N7O2S/c1-32-21-5-3-2-4-18(21)26-11-15-10-19-22(34-15)24(31-6-8-33-9-7-31)29-23(28-19)17-12-25-14-20-16(17)13-27-30-20/h2-5,10,12-14,26H,6-9,11H2,1H3,(H,27,30). The van der Waals surface area contributed by atoms with Crippen molar-refractivity contribution in [2.75, 3.05) is 43.6 Å². The van der Waals surface area contributed by atoms with E-state index < -0.39 is 0 Å². The second-order valence-electron chi connectivity index (χ2n) is 7.97. The molecular weight excluding hydrogens is 450 g/mol. The number of thiophene rings is 1. The molecule has 1 aliphatic heterocycles. The van der Waals surface area contributed by atoms with Crippen molar-refractivity contribution in [3.63, 3.8) is 0 Å². The van der Waals surface area contributed by atoms with E-state index in [1.807, 2.05) is 24.3 Å². The molecule has 0 aliphatic carbocycles. The van der Waals surface area contributed by atoms with Gasteiger partial charge in [0.15, 0.2) is 11.6 Å². The first-order valence-corrected chi connectivity index (χ1v) is 11.9. The number of hydrogen-bond acceptors (Lipinski definition) is 9. The molecule has 0 atom stereocenters. The highest BCUT2D eigenvalue weighted by molar-refractivity contribution is 7.19. The van der Waals surface area contributed by atoms with E-state index in [2.05, 4.69) is 31.5 Å². The molecule has 1 aromatic carbocycles. The SMILES string of the molecule is COc1ccccc1NCc1cc2nc(-c3cncc4[nH]ncc34)nc(N3CCOCC3)c2s1. The Bertz CT molecular complexity index is 1460. The fraction of sp³-hybridized carbons (Fsp3) is 0.250. The first-order valence-electron chi connectivity index (χ1n) is 11.1. The van der Waals surface area contributed by atoms with Gasteiger partial charge in [-0.1, -0.05) is 12.1 Å². The van der Waals surface area contributed by atoms with E-state index in [1.54, 1.807) is 37.0 Å². The normalized spacial score (nSPS) is 14.1. The van der Waals surface area contributed by atoms with E-state index in [9.17, 15) is 0 Å². The molecule has 172 valence electrons. The number of fused-ring (bicyclic) bond motifs is 2. The molecule has 10 heteroatoms. The molecule has 0 saturated carbocycles. The van der Waals surface area contributed by atoms with Crippen molar-refractivity contribution in [3.8, 4) is 17.1 Å². The molecule has 4 aromatic heterocycles. The van der Waals surface area contributed by atoms with Gasteiger partial charge in [0.1, 0.15) is 5.75 Å². The Kier molecular flexibility index (Phi) is 5.44. The first-order chi connectivity index (χ1) is 16.8. The molecule has 1 aliphatic rings. The number of nitrogens with zero attached hydrogens (tertiary/aromatic N) is 5. The average molecular weight is 474 g/mol. The van der Waals surface area contributed by atoms with Crippen LogP contribution in [0.25, 0.3) is 32.5 Å². The average Bonchev–Trinajstić information content (AvgIpc) is 3.54. The number of pyridine rings is 1. The summed E-state index contributed by atoms with van der Waals surface area (Å²) in [5.41, 5.74) is 3.61. The Hall–Kier alpha value is -3.76. The smallest absolute Gasteiger partial charge is 0.164 e. The van der Waals surface area contributed by atoms with Crippen LogP contribution in [0.3, 0.4) is 0 Å². The zero-order valence-corrected chi connectivity index (χ0v) is 19.4. The van der Waals surface area contributed by atoms with Gasteiger partial charge in [-0.05, 0) is 18.2 Å². The molecule has 2 N–H and O–H groups in total. The maximum atomic E-state index is 5.58. The highest BCUT2D eigenvalue weighted by atomic mass is 32.1. The molecule has 1 fully saturated rings. The molecule has 1 saturated heterocycles. The largest absolute Gasteiger partial charge is 0.495 e. The minimum atomic E-state index is 0.649. The zero-order valence-electron chi connectivity index (χ0n) is 18.6. The van der Waals surface area contributed by atoms with Crippen molar-refractivity contribution in [3.05, 3.63) is 53.8 Å². The van der Waals surface area contributed by atoms with Gasteiger partial charge in [-0.25, -0.2) is 9.97 Å². The predicted molar refractivity (Wildman–Crippen MR) is 134 cm³/mol. The van der Waals surface area contributed by atoms with Crippen molar-refractivity contribution in [2.45, 2.75) is 6.54 Å². The third-order valence-electron chi connectivity index (χ3n) is 5.88. The number of aromatic amines is 1. The van der Waals surface area contributed by atoms with Crippen LogP contribution in [-0.2, 0) is 11.3 Å². The Balaban J connectivity index is 1.42. The Morgan fingerprint density at radius 2 is 2.03 bits per heavy atom. The number of ether oxygens (including phenoxy) is 2. The molecule has 0 unspecified atom stereocenters. The number of hydrogen-bond donors (Lipinski definition) is 2. The Labute approximate surface area is 199 Å². The number of rotatable bonds is 6. The van der Waals surface area contributed by atoms with Gasteiger partial charge >= 0.3 is 0 Å². The third kappa shape index (κ3) is 3.80. The van der Waals surface area contributed by atoms with Crippen molar-refractivity contribution < 1.29 is 9.47 Å². The number of morpholine rings is 1. The maximum Gasteiger partial charge on any atom is 0.164 e. The van der Waals surface area contributed by atoms with E-state index in [-0.39, 0.29) is 0 Å². The zero-order chi connectivity index (χ0) is 22.9. The van der Waals surface area contributed by atoms with Crippen LogP contribution in [0.1, 0.15) is 4.88 Å². The Morgan fingerprint density at radius 3 is 2.91 bits per heavy atom. The molecule has 9 nitrogen and oxygen atoms in total. The second-order valence-corrected chi connectivity index (χ2v) is 9.11. The first kappa shape index (κ1) is 20.8. The fourth-order valence-electron chi connectivity index (χ4n) is 4.18. The van der Waals surface area contributed by atoms with E-state index in [0.29, 0.717) is 25.6 Å². The summed E-state index contributed by atoms with van der Waals surface area (Å²) in [6.07, 6.45) is 5.36. The van der Waals surface area contributed by atoms with Gasteiger partial charge in [0.25, 0.3) is 0 Å². The Morgan fingerprint density at radius 1 is 1.15 bits per heavy atom. The lowest BCUT2D eigenvalue weighted by Crippen LogP contribution is -2.36. The lowest BCUT2D eigenvalue weighted by Gasteiger charge is -2.28. The summed E-state index contributed by atoms with van der Waals surface area (Å²) in [7, 11) is 1.68. The molecule has 0 radical (unpaired) electrons. The summed E-state index contributed by atoms with van der Waals surface area (Å²) in [4.78, 5) is 17.8.